The first-order valence-corrected chi connectivity index (χ1v) is 10.0. The van der Waals surface area contributed by atoms with Crippen molar-refractivity contribution in [2.45, 2.75) is 0 Å². The summed E-state index contributed by atoms with van der Waals surface area (Å²) in [7, 11) is -3.42. The van der Waals surface area contributed by atoms with Gasteiger partial charge >= 0.3 is 7.82 Å². The summed E-state index contributed by atoms with van der Waals surface area (Å²) in [5.41, 5.74) is 0.381. The summed E-state index contributed by atoms with van der Waals surface area (Å²) in [6.07, 6.45) is 0. The number of phosphoric ester groups is 1. The number of halogens is 1. The van der Waals surface area contributed by atoms with Crippen molar-refractivity contribution in [2.24, 2.45) is 0 Å². The molecule has 0 saturated carbocycles. The Kier molecular flexibility index (Phi) is 5.53. The van der Waals surface area contributed by atoms with E-state index in [2.05, 4.69) is 21.2 Å². The summed E-state index contributed by atoms with van der Waals surface area (Å²) in [6.45, 7) is 0. The maximum absolute atomic E-state index is 12.9. The first-order valence-electron chi connectivity index (χ1n) is 7.71. The number of carbonyl (C=O) groups is 1. The van der Waals surface area contributed by atoms with Gasteiger partial charge in [-0.05, 0) is 44.9 Å². The quantitative estimate of drug-likeness (QED) is 0.498. The van der Waals surface area contributed by atoms with Crippen molar-refractivity contribution in [2.75, 3.05) is 12.4 Å². The van der Waals surface area contributed by atoms with E-state index in [1.165, 1.54) is 13.2 Å². The van der Waals surface area contributed by atoms with E-state index >= 15 is 0 Å². The predicted molar refractivity (Wildman–Crippen MR) is 105 cm³/mol. The van der Waals surface area contributed by atoms with Crippen LogP contribution in [-0.4, -0.2) is 22.8 Å². The molecule has 0 atom stereocenters. The number of ether oxygens (including phenoxy) is 1. The summed E-state index contributed by atoms with van der Waals surface area (Å²) < 4.78 is 21.7. The summed E-state index contributed by atoms with van der Waals surface area (Å²) in [5.74, 6) is -0.396. The molecule has 0 fully saturated rings. The zero-order valence-electron chi connectivity index (χ0n) is 14.0. The molecule has 3 N–H and O–H groups in total. The fraction of sp³-hybridized carbons (Fsp3) is 0.0556. The third-order valence-electron chi connectivity index (χ3n) is 3.75. The number of methoxy groups -OCH3 is 1. The first-order chi connectivity index (χ1) is 12.8. The van der Waals surface area contributed by atoms with Gasteiger partial charge in [-0.25, -0.2) is 4.57 Å². The fourth-order valence-electron chi connectivity index (χ4n) is 2.60. The zero-order valence-corrected chi connectivity index (χ0v) is 16.5. The molecule has 1 amide bonds. The number of para-hydroxylation sites is 2. The molecule has 0 unspecified atom stereocenters. The summed E-state index contributed by atoms with van der Waals surface area (Å²) in [4.78, 5) is 31.4. The molecule has 9 heteroatoms. The van der Waals surface area contributed by atoms with Crippen LogP contribution >= 0.6 is 23.8 Å². The van der Waals surface area contributed by atoms with Crippen LogP contribution in [0.25, 0.3) is 10.8 Å². The molecule has 0 spiro atoms. The molecule has 0 heterocycles. The smallest absolute Gasteiger partial charge is 0.495 e. The van der Waals surface area contributed by atoms with E-state index in [4.69, 9.17) is 9.26 Å². The van der Waals surface area contributed by atoms with Gasteiger partial charge in [-0.15, -0.1) is 0 Å². The lowest BCUT2D eigenvalue weighted by Gasteiger charge is -2.16. The van der Waals surface area contributed by atoms with Crippen molar-refractivity contribution in [3.63, 3.8) is 0 Å². The molecule has 3 aromatic carbocycles. The van der Waals surface area contributed by atoms with E-state index < -0.39 is 13.7 Å². The van der Waals surface area contributed by atoms with Crippen molar-refractivity contribution in [3.8, 4) is 11.5 Å². The van der Waals surface area contributed by atoms with Gasteiger partial charge < -0.3 is 14.6 Å². The molecule has 7 nitrogen and oxygen atoms in total. The minimum atomic E-state index is -4.89. The van der Waals surface area contributed by atoms with Gasteiger partial charge in [-0.1, -0.05) is 36.4 Å². The SMILES string of the molecule is COc1ccccc1NC(=O)c1cc2ccccc2c(Br)c1OP(=O)(O)O. The maximum Gasteiger partial charge on any atom is 0.524 e. The van der Waals surface area contributed by atoms with Gasteiger partial charge in [0.1, 0.15) is 5.75 Å². The number of hydrogen-bond donors (Lipinski definition) is 3. The van der Waals surface area contributed by atoms with Crippen molar-refractivity contribution in [1.82, 2.24) is 0 Å². The second-order valence-electron chi connectivity index (χ2n) is 5.52. The monoisotopic (exact) mass is 451 g/mol. The van der Waals surface area contributed by atoms with Crippen molar-refractivity contribution in [3.05, 3.63) is 64.6 Å². The fourth-order valence-corrected chi connectivity index (χ4v) is 3.81. The molecule has 0 aliphatic heterocycles. The van der Waals surface area contributed by atoms with Gasteiger partial charge in [0.25, 0.3) is 5.91 Å². The highest BCUT2D eigenvalue weighted by molar-refractivity contribution is 9.10. The molecule has 0 saturated heterocycles. The Morgan fingerprint density at radius 3 is 2.48 bits per heavy atom. The molecular formula is C18H15BrNO6P. The van der Waals surface area contributed by atoms with Crippen LogP contribution in [0.1, 0.15) is 10.4 Å². The molecule has 140 valence electrons. The van der Waals surface area contributed by atoms with Gasteiger partial charge in [0.05, 0.1) is 22.8 Å². The molecular weight excluding hydrogens is 437 g/mol. The Balaban J connectivity index is 2.12. The largest absolute Gasteiger partial charge is 0.524 e. The number of phosphoric acid groups is 1. The van der Waals surface area contributed by atoms with Crippen LogP contribution in [0.2, 0.25) is 0 Å². The highest BCUT2D eigenvalue weighted by atomic mass is 79.9. The predicted octanol–water partition coefficient (Wildman–Crippen LogP) is 4.33. The first kappa shape index (κ1) is 19.4. The highest BCUT2D eigenvalue weighted by Gasteiger charge is 2.26. The Hall–Kier alpha value is -2.38. The lowest BCUT2D eigenvalue weighted by atomic mass is 10.1. The van der Waals surface area contributed by atoms with Gasteiger partial charge in [0, 0.05) is 0 Å². The Bertz CT molecular complexity index is 1060. The lowest BCUT2D eigenvalue weighted by Crippen LogP contribution is -2.14. The maximum atomic E-state index is 12.9. The van der Waals surface area contributed by atoms with E-state index in [9.17, 15) is 19.1 Å². The Labute approximate surface area is 163 Å². The number of fused-ring (bicyclic) bond motifs is 1. The molecule has 0 radical (unpaired) electrons. The van der Waals surface area contributed by atoms with Crippen LogP contribution in [0.5, 0.6) is 11.5 Å². The lowest BCUT2D eigenvalue weighted by molar-refractivity contribution is 0.102. The molecule has 0 bridgehead atoms. The Morgan fingerprint density at radius 1 is 1.11 bits per heavy atom. The normalized spacial score (nSPS) is 11.3. The summed E-state index contributed by atoms with van der Waals surface area (Å²) in [6, 6.07) is 15.4. The van der Waals surface area contributed by atoms with Gasteiger partial charge in [-0.2, -0.15) is 0 Å². The molecule has 0 aliphatic carbocycles. The minimum absolute atomic E-state index is 0.0326. The second kappa shape index (κ2) is 7.70. The average molecular weight is 452 g/mol. The molecule has 0 aromatic heterocycles. The average Bonchev–Trinajstić information content (AvgIpc) is 2.63. The van der Waals surface area contributed by atoms with E-state index in [1.807, 2.05) is 0 Å². The van der Waals surface area contributed by atoms with Crippen LogP contribution < -0.4 is 14.6 Å². The van der Waals surface area contributed by atoms with Gasteiger partial charge in [0.15, 0.2) is 5.75 Å². The summed E-state index contributed by atoms with van der Waals surface area (Å²) >= 11 is 3.29. The van der Waals surface area contributed by atoms with Crippen molar-refractivity contribution < 1.29 is 28.4 Å². The number of nitrogens with one attached hydrogen (secondary N) is 1. The van der Waals surface area contributed by atoms with Crippen LogP contribution in [-0.2, 0) is 4.57 Å². The van der Waals surface area contributed by atoms with Crippen LogP contribution in [0.15, 0.2) is 59.1 Å². The van der Waals surface area contributed by atoms with Crippen molar-refractivity contribution >= 4 is 46.1 Å². The Morgan fingerprint density at radius 2 is 1.78 bits per heavy atom. The van der Waals surface area contributed by atoms with E-state index in [1.54, 1.807) is 48.5 Å². The van der Waals surface area contributed by atoms with Gasteiger partial charge in [-0.3, -0.25) is 14.6 Å². The topological polar surface area (TPSA) is 105 Å². The molecule has 27 heavy (non-hydrogen) atoms. The van der Waals surface area contributed by atoms with Crippen molar-refractivity contribution in [1.29, 1.82) is 0 Å². The number of hydrogen-bond acceptors (Lipinski definition) is 4. The second-order valence-corrected chi connectivity index (χ2v) is 7.48. The number of benzene rings is 3. The number of amides is 1. The van der Waals surface area contributed by atoms with Gasteiger partial charge in [0.2, 0.25) is 0 Å². The van der Waals surface area contributed by atoms with E-state index in [0.29, 0.717) is 22.2 Å². The molecule has 3 aromatic rings. The number of rotatable bonds is 5. The highest BCUT2D eigenvalue weighted by Crippen LogP contribution is 2.45. The van der Waals surface area contributed by atoms with Crippen LogP contribution in [0.3, 0.4) is 0 Å². The van der Waals surface area contributed by atoms with E-state index in [-0.39, 0.29) is 15.8 Å². The molecule has 3 rings (SSSR count). The zero-order chi connectivity index (χ0) is 19.6. The van der Waals surface area contributed by atoms with Crippen LogP contribution in [0, 0.1) is 0 Å². The van der Waals surface area contributed by atoms with Crippen LogP contribution in [0.4, 0.5) is 5.69 Å². The standard InChI is InChI=1S/C18H15BrNO6P/c1-25-15-9-5-4-8-14(15)20-18(21)13-10-11-6-2-3-7-12(11)16(19)17(13)26-27(22,23)24/h2-10H,1H3,(H,20,21)(H2,22,23,24). The molecule has 0 aliphatic rings. The number of carbonyl (C=O) groups excluding carboxylic acids is 1. The third kappa shape index (κ3) is 4.31. The summed E-state index contributed by atoms with van der Waals surface area (Å²) in [5, 5.41) is 4.03. The number of anilines is 1. The minimum Gasteiger partial charge on any atom is -0.495 e. The third-order valence-corrected chi connectivity index (χ3v) is 4.96. The van der Waals surface area contributed by atoms with E-state index in [0.717, 1.165) is 0 Å².